The first-order chi connectivity index (χ1) is 9.58. The van der Waals surface area contributed by atoms with Crippen LogP contribution in [0, 0.1) is 24.0 Å². The van der Waals surface area contributed by atoms with E-state index in [-0.39, 0.29) is 5.69 Å². The minimum Gasteiger partial charge on any atom is -0.364 e. The lowest BCUT2D eigenvalue weighted by Gasteiger charge is -2.08. The first-order valence-corrected chi connectivity index (χ1v) is 6.47. The Bertz CT molecular complexity index is 626. The summed E-state index contributed by atoms with van der Waals surface area (Å²) in [5, 5.41) is 14.1. The fourth-order valence-corrected chi connectivity index (χ4v) is 2.10. The first-order valence-electron chi connectivity index (χ1n) is 6.47. The predicted octanol–water partition coefficient (Wildman–Crippen LogP) is 3.26. The second-order valence-corrected chi connectivity index (χ2v) is 4.75. The molecule has 1 aromatic heterocycles. The summed E-state index contributed by atoms with van der Waals surface area (Å²) in [6.07, 6.45) is 2.38. The smallest absolute Gasteiger partial charge is 0.314 e. The topological polar surface area (TPSA) is 68.1 Å². The Labute approximate surface area is 117 Å². The van der Waals surface area contributed by atoms with Crippen molar-refractivity contribution in [2.45, 2.75) is 20.3 Å². The van der Waals surface area contributed by atoms with Gasteiger partial charge in [-0.25, -0.2) is 4.98 Å². The van der Waals surface area contributed by atoms with Crippen LogP contribution < -0.4 is 5.32 Å². The fourth-order valence-electron chi connectivity index (χ4n) is 2.10. The Morgan fingerprint density at radius 2 is 2.10 bits per heavy atom. The molecule has 1 aromatic carbocycles. The van der Waals surface area contributed by atoms with E-state index in [1.165, 1.54) is 11.1 Å². The number of rotatable bonds is 5. The van der Waals surface area contributed by atoms with Crippen molar-refractivity contribution in [3.8, 4) is 0 Å². The molecule has 0 amide bonds. The van der Waals surface area contributed by atoms with Gasteiger partial charge in [0.25, 0.3) is 0 Å². The summed E-state index contributed by atoms with van der Waals surface area (Å²) in [5.41, 5.74) is 3.08. The molecule has 5 heteroatoms. The third-order valence-electron chi connectivity index (χ3n) is 3.10. The van der Waals surface area contributed by atoms with Crippen LogP contribution in [0.15, 0.2) is 36.5 Å². The summed E-state index contributed by atoms with van der Waals surface area (Å²) >= 11 is 0. The van der Waals surface area contributed by atoms with Gasteiger partial charge in [-0.05, 0) is 31.9 Å². The molecule has 5 nitrogen and oxygen atoms in total. The van der Waals surface area contributed by atoms with Crippen LogP contribution >= 0.6 is 0 Å². The molecule has 0 aliphatic rings. The number of nitrogens with zero attached hydrogens (tertiary/aromatic N) is 2. The molecule has 0 fully saturated rings. The molecule has 20 heavy (non-hydrogen) atoms. The van der Waals surface area contributed by atoms with Crippen LogP contribution in [0.25, 0.3) is 0 Å². The van der Waals surface area contributed by atoms with Crippen LogP contribution in [0.5, 0.6) is 0 Å². The highest BCUT2D eigenvalue weighted by atomic mass is 16.6. The maximum absolute atomic E-state index is 11.0. The zero-order chi connectivity index (χ0) is 14.5. The van der Waals surface area contributed by atoms with Crippen molar-refractivity contribution < 1.29 is 4.92 Å². The molecular weight excluding hydrogens is 254 g/mol. The highest BCUT2D eigenvalue weighted by molar-refractivity contribution is 5.59. The standard InChI is InChI=1S/C15H17N3O2/c1-11-4-3-5-13(10-11)7-9-17-15-14(18(19)20)12(2)6-8-16-15/h3-6,8,10H,7,9H2,1-2H3,(H,16,17). The molecule has 0 unspecified atom stereocenters. The zero-order valence-electron chi connectivity index (χ0n) is 11.6. The summed E-state index contributed by atoms with van der Waals surface area (Å²) in [5.74, 6) is 0.336. The van der Waals surface area contributed by atoms with Crippen molar-refractivity contribution in [2.75, 3.05) is 11.9 Å². The Morgan fingerprint density at radius 3 is 2.80 bits per heavy atom. The average Bonchev–Trinajstić information content (AvgIpc) is 2.38. The van der Waals surface area contributed by atoms with Crippen LogP contribution in [-0.2, 0) is 6.42 Å². The molecule has 0 aliphatic heterocycles. The van der Waals surface area contributed by atoms with E-state index in [1.807, 2.05) is 25.1 Å². The second kappa shape index (κ2) is 6.14. The van der Waals surface area contributed by atoms with Gasteiger partial charge in [0.05, 0.1) is 4.92 Å². The summed E-state index contributed by atoms with van der Waals surface area (Å²) in [7, 11) is 0. The van der Waals surface area contributed by atoms with Crippen LogP contribution in [0.4, 0.5) is 11.5 Å². The van der Waals surface area contributed by atoms with E-state index in [0.29, 0.717) is 17.9 Å². The third kappa shape index (κ3) is 3.32. The molecule has 1 N–H and O–H groups in total. The summed E-state index contributed by atoms with van der Waals surface area (Å²) < 4.78 is 0. The zero-order valence-corrected chi connectivity index (χ0v) is 11.6. The van der Waals surface area contributed by atoms with Crippen LogP contribution in [0.3, 0.4) is 0 Å². The quantitative estimate of drug-likeness (QED) is 0.669. The molecule has 2 aromatic rings. The normalized spacial score (nSPS) is 10.3. The number of benzene rings is 1. The molecule has 0 radical (unpaired) electrons. The van der Waals surface area contributed by atoms with Crippen LogP contribution in [0.1, 0.15) is 16.7 Å². The Morgan fingerprint density at radius 1 is 1.30 bits per heavy atom. The Kier molecular flexibility index (Phi) is 4.30. The van der Waals surface area contributed by atoms with E-state index in [2.05, 4.69) is 16.4 Å². The highest BCUT2D eigenvalue weighted by Crippen LogP contribution is 2.25. The molecule has 2 rings (SSSR count). The van der Waals surface area contributed by atoms with Crippen LogP contribution in [0.2, 0.25) is 0 Å². The lowest BCUT2D eigenvalue weighted by molar-refractivity contribution is -0.384. The molecule has 0 atom stereocenters. The minimum absolute atomic E-state index is 0.0525. The van der Waals surface area contributed by atoms with Crippen molar-refractivity contribution >= 4 is 11.5 Å². The molecule has 0 saturated carbocycles. The van der Waals surface area contributed by atoms with Gasteiger partial charge in [0.2, 0.25) is 5.82 Å². The maximum Gasteiger partial charge on any atom is 0.314 e. The number of aromatic nitrogens is 1. The summed E-state index contributed by atoms with van der Waals surface area (Å²) in [4.78, 5) is 14.7. The first kappa shape index (κ1) is 14.0. The molecule has 104 valence electrons. The maximum atomic E-state index is 11.0. The van der Waals surface area contributed by atoms with Gasteiger partial charge in [0.1, 0.15) is 0 Å². The van der Waals surface area contributed by atoms with Crippen molar-refractivity contribution in [3.63, 3.8) is 0 Å². The van der Waals surface area contributed by atoms with Gasteiger partial charge in [0.15, 0.2) is 0 Å². The van der Waals surface area contributed by atoms with E-state index in [0.717, 1.165) is 6.42 Å². The molecule has 0 saturated heterocycles. The molecule has 1 heterocycles. The van der Waals surface area contributed by atoms with E-state index in [4.69, 9.17) is 0 Å². The van der Waals surface area contributed by atoms with E-state index < -0.39 is 4.92 Å². The van der Waals surface area contributed by atoms with Crippen molar-refractivity contribution in [3.05, 3.63) is 63.3 Å². The van der Waals surface area contributed by atoms with Crippen LogP contribution in [-0.4, -0.2) is 16.5 Å². The molecule has 0 bridgehead atoms. The summed E-state index contributed by atoms with van der Waals surface area (Å²) in [6.45, 7) is 4.37. The van der Waals surface area contributed by atoms with E-state index in [1.54, 1.807) is 19.2 Å². The monoisotopic (exact) mass is 271 g/mol. The number of nitrogens with one attached hydrogen (secondary N) is 1. The number of hydrogen-bond donors (Lipinski definition) is 1. The van der Waals surface area contributed by atoms with Gasteiger partial charge in [-0.2, -0.15) is 0 Å². The van der Waals surface area contributed by atoms with Crippen molar-refractivity contribution in [1.82, 2.24) is 4.98 Å². The fraction of sp³-hybridized carbons (Fsp3) is 0.267. The van der Waals surface area contributed by atoms with E-state index >= 15 is 0 Å². The number of pyridine rings is 1. The van der Waals surface area contributed by atoms with Crippen molar-refractivity contribution in [1.29, 1.82) is 0 Å². The molecular formula is C15H17N3O2. The lowest BCUT2D eigenvalue weighted by Crippen LogP contribution is -2.09. The van der Waals surface area contributed by atoms with Gasteiger partial charge >= 0.3 is 5.69 Å². The Hall–Kier alpha value is -2.43. The number of nitro groups is 1. The highest BCUT2D eigenvalue weighted by Gasteiger charge is 2.17. The SMILES string of the molecule is Cc1cccc(CCNc2nccc(C)c2[N+](=O)[O-])c1. The largest absolute Gasteiger partial charge is 0.364 e. The second-order valence-electron chi connectivity index (χ2n) is 4.75. The Balaban J connectivity index is 2.05. The van der Waals surface area contributed by atoms with Gasteiger partial charge in [-0.1, -0.05) is 29.8 Å². The van der Waals surface area contributed by atoms with Gasteiger partial charge in [-0.15, -0.1) is 0 Å². The van der Waals surface area contributed by atoms with Gasteiger partial charge in [-0.3, -0.25) is 10.1 Å². The predicted molar refractivity (Wildman–Crippen MR) is 79.0 cm³/mol. The average molecular weight is 271 g/mol. The van der Waals surface area contributed by atoms with E-state index in [9.17, 15) is 10.1 Å². The molecule has 0 spiro atoms. The van der Waals surface area contributed by atoms with Gasteiger partial charge < -0.3 is 5.32 Å². The van der Waals surface area contributed by atoms with Crippen molar-refractivity contribution in [2.24, 2.45) is 0 Å². The third-order valence-corrected chi connectivity index (χ3v) is 3.10. The minimum atomic E-state index is -0.392. The number of aryl methyl sites for hydroxylation is 2. The van der Waals surface area contributed by atoms with Gasteiger partial charge in [0, 0.05) is 18.3 Å². The molecule has 0 aliphatic carbocycles. The number of anilines is 1. The lowest BCUT2D eigenvalue weighted by atomic mass is 10.1. The summed E-state index contributed by atoms with van der Waals surface area (Å²) in [6, 6.07) is 9.86. The number of hydrogen-bond acceptors (Lipinski definition) is 4.